The molecule has 2 rings (SSSR count). The minimum absolute atomic E-state index is 0.128. The molecule has 0 spiro atoms. The average molecular weight is 236 g/mol. The number of nitrogens with zero attached hydrogens (tertiary/aromatic N) is 1. The molecule has 1 heterocycles. The lowest BCUT2D eigenvalue weighted by atomic mass is 10.1. The molecule has 0 saturated carbocycles. The van der Waals surface area contributed by atoms with Crippen molar-refractivity contribution in [3.63, 3.8) is 0 Å². The van der Waals surface area contributed by atoms with E-state index >= 15 is 0 Å². The Morgan fingerprint density at radius 1 is 1.38 bits per heavy atom. The van der Waals surface area contributed by atoms with E-state index in [1.807, 2.05) is 35.7 Å². The molecule has 0 bridgehead atoms. The summed E-state index contributed by atoms with van der Waals surface area (Å²) in [6.45, 7) is 3.64. The van der Waals surface area contributed by atoms with E-state index in [1.54, 1.807) is 6.07 Å². The maximum absolute atomic E-state index is 12.1. The molecule has 16 heavy (non-hydrogen) atoms. The van der Waals surface area contributed by atoms with E-state index in [0.29, 0.717) is 0 Å². The van der Waals surface area contributed by atoms with E-state index in [9.17, 15) is 4.79 Å². The van der Waals surface area contributed by atoms with Crippen LogP contribution >= 0.6 is 11.8 Å². The number of hydrogen-bond acceptors (Lipinski definition) is 3. The second-order valence-electron chi connectivity index (χ2n) is 3.98. The molecule has 0 radical (unpaired) electrons. The summed E-state index contributed by atoms with van der Waals surface area (Å²) in [5.41, 5.74) is 8.20. The molecule has 3 nitrogen and oxygen atoms in total. The van der Waals surface area contributed by atoms with Gasteiger partial charge in [0.05, 0.1) is 0 Å². The van der Waals surface area contributed by atoms with Gasteiger partial charge in [0.25, 0.3) is 5.91 Å². The summed E-state index contributed by atoms with van der Waals surface area (Å²) in [5.74, 6) is 2.21. The molecule has 86 valence electrons. The Hall–Kier alpha value is -1.16. The Balaban J connectivity index is 2.16. The van der Waals surface area contributed by atoms with Crippen LogP contribution in [0.25, 0.3) is 0 Å². The minimum atomic E-state index is 0.128. The highest BCUT2D eigenvalue weighted by atomic mass is 32.2. The summed E-state index contributed by atoms with van der Waals surface area (Å²) in [6.07, 6.45) is 0. The first-order valence-corrected chi connectivity index (χ1v) is 6.57. The second kappa shape index (κ2) is 4.78. The highest BCUT2D eigenvalue weighted by Gasteiger charge is 2.18. The highest BCUT2D eigenvalue weighted by molar-refractivity contribution is 7.99. The third kappa shape index (κ3) is 2.32. The Morgan fingerprint density at radius 2 is 2.06 bits per heavy atom. The molecule has 0 aromatic heterocycles. The van der Waals surface area contributed by atoms with Gasteiger partial charge in [0, 0.05) is 35.8 Å². The lowest BCUT2D eigenvalue weighted by Gasteiger charge is -2.26. The maximum atomic E-state index is 12.1. The van der Waals surface area contributed by atoms with Gasteiger partial charge in [0.1, 0.15) is 0 Å². The SMILES string of the molecule is Cc1cc(C(=O)N2CCSCC2)ccc1N. The quantitative estimate of drug-likeness (QED) is 0.756. The largest absolute Gasteiger partial charge is 0.399 e. The zero-order chi connectivity index (χ0) is 11.5. The molecule has 0 unspecified atom stereocenters. The first-order chi connectivity index (χ1) is 7.68. The number of amides is 1. The van der Waals surface area contributed by atoms with Crippen LogP contribution in [-0.2, 0) is 0 Å². The van der Waals surface area contributed by atoms with Gasteiger partial charge in [-0.15, -0.1) is 0 Å². The third-order valence-corrected chi connectivity index (χ3v) is 3.76. The van der Waals surface area contributed by atoms with Crippen molar-refractivity contribution < 1.29 is 4.79 Å². The number of carbonyl (C=O) groups excluding carboxylic acids is 1. The smallest absolute Gasteiger partial charge is 0.253 e. The standard InChI is InChI=1S/C12H16N2OS/c1-9-8-10(2-3-11(9)13)12(15)14-4-6-16-7-5-14/h2-3,8H,4-7,13H2,1H3. The molecule has 1 amide bonds. The second-order valence-corrected chi connectivity index (χ2v) is 5.20. The predicted molar refractivity (Wildman–Crippen MR) is 68.8 cm³/mol. The van der Waals surface area contributed by atoms with Crippen LogP contribution in [0.4, 0.5) is 5.69 Å². The Morgan fingerprint density at radius 3 is 2.69 bits per heavy atom. The fourth-order valence-electron chi connectivity index (χ4n) is 1.76. The molecule has 0 aliphatic carbocycles. The highest BCUT2D eigenvalue weighted by Crippen LogP contribution is 2.16. The number of benzene rings is 1. The van der Waals surface area contributed by atoms with Gasteiger partial charge < -0.3 is 10.6 Å². The van der Waals surface area contributed by atoms with Gasteiger partial charge in [-0.1, -0.05) is 0 Å². The Kier molecular flexibility index (Phi) is 3.39. The molecule has 4 heteroatoms. The normalized spacial score (nSPS) is 16.2. The maximum Gasteiger partial charge on any atom is 0.253 e. The van der Waals surface area contributed by atoms with Gasteiger partial charge in [-0.2, -0.15) is 11.8 Å². The van der Waals surface area contributed by atoms with E-state index in [-0.39, 0.29) is 5.91 Å². The van der Waals surface area contributed by atoms with E-state index in [1.165, 1.54) is 0 Å². The molecule has 1 fully saturated rings. The number of thioether (sulfide) groups is 1. The zero-order valence-corrected chi connectivity index (χ0v) is 10.2. The number of hydrogen-bond donors (Lipinski definition) is 1. The summed E-state index contributed by atoms with van der Waals surface area (Å²) in [7, 11) is 0. The summed E-state index contributed by atoms with van der Waals surface area (Å²) < 4.78 is 0. The van der Waals surface area contributed by atoms with Gasteiger partial charge >= 0.3 is 0 Å². The van der Waals surface area contributed by atoms with E-state index < -0.39 is 0 Å². The van der Waals surface area contributed by atoms with Crippen molar-refractivity contribution in [3.8, 4) is 0 Å². The molecular weight excluding hydrogens is 220 g/mol. The number of nitrogens with two attached hydrogens (primary N) is 1. The van der Waals surface area contributed by atoms with Crippen molar-refractivity contribution in [1.82, 2.24) is 4.90 Å². The minimum Gasteiger partial charge on any atom is -0.399 e. The van der Waals surface area contributed by atoms with Crippen molar-refractivity contribution >= 4 is 23.4 Å². The average Bonchev–Trinajstić information content (AvgIpc) is 2.33. The molecule has 1 aromatic carbocycles. The molecule has 0 atom stereocenters. The van der Waals surface area contributed by atoms with Crippen LogP contribution in [0.3, 0.4) is 0 Å². The van der Waals surface area contributed by atoms with Gasteiger partial charge in [-0.3, -0.25) is 4.79 Å². The molecule has 1 aliphatic rings. The number of carbonyl (C=O) groups is 1. The number of rotatable bonds is 1. The lowest BCUT2D eigenvalue weighted by Crippen LogP contribution is -2.37. The molecule has 1 saturated heterocycles. The van der Waals surface area contributed by atoms with Crippen LogP contribution in [0.15, 0.2) is 18.2 Å². The Labute approximate surface area is 100.0 Å². The van der Waals surface area contributed by atoms with E-state index in [0.717, 1.165) is 41.4 Å². The number of anilines is 1. The van der Waals surface area contributed by atoms with Crippen LogP contribution in [0, 0.1) is 6.92 Å². The predicted octanol–water partition coefficient (Wildman–Crippen LogP) is 1.77. The number of nitrogen functional groups attached to an aromatic ring is 1. The monoisotopic (exact) mass is 236 g/mol. The zero-order valence-electron chi connectivity index (χ0n) is 9.40. The first-order valence-electron chi connectivity index (χ1n) is 5.41. The van der Waals surface area contributed by atoms with E-state index in [2.05, 4.69) is 0 Å². The molecule has 2 N–H and O–H groups in total. The fourth-order valence-corrected chi connectivity index (χ4v) is 2.66. The molecule has 1 aromatic rings. The van der Waals surface area contributed by atoms with Crippen molar-refractivity contribution in [2.75, 3.05) is 30.3 Å². The summed E-state index contributed by atoms with van der Waals surface area (Å²) in [6, 6.07) is 5.49. The summed E-state index contributed by atoms with van der Waals surface area (Å²) >= 11 is 1.90. The summed E-state index contributed by atoms with van der Waals surface area (Å²) in [4.78, 5) is 14.1. The van der Waals surface area contributed by atoms with Crippen molar-refractivity contribution in [1.29, 1.82) is 0 Å². The van der Waals surface area contributed by atoms with Crippen molar-refractivity contribution in [3.05, 3.63) is 29.3 Å². The molecule has 1 aliphatic heterocycles. The van der Waals surface area contributed by atoms with Gasteiger partial charge in [0.15, 0.2) is 0 Å². The van der Waals surface area contributed by atoms with Gasteiger partial charge in [-0.05, 0) is 30.7 Å². The summed E-state index contributed by atoms with van der Waals surface area (Å²) in [5, 5.41) is 0. The van der Waals surface area contributed by atoms with Crippen LogP contribution in [0.1, 0.15) is 15.9 Å². The van der Waals surface area contributed by atoms with Crippen LogP contribution in [0.5, 0.6) is 0 Å². The Bertz CT molecular complexity index is 400. The van der Waals surface area contributed by atoms with Crippen LogP contribution in [-0.4, -0.2) is 35.4 Å². The fraction of sp³-hybridized carbons (Fsp3) is 0.417. The van der Waals surface area contributed by atoms with Crippen molar-refractivity contribution in [2.45, 2.75) is 6.92 Å². The third-order valence-electron chi connectivity index (χ3n) is 2.82. The van der Waals surface area contributed by atoms with Crippen LogP contribution < -0.4 is 5.73 Å². The van der Waals surface area contributed by atoms with E-state index in [4.69, 9.17) is 5.73 Å². The number of aryl methyl sites for hydroxylation is 1. The van der Waals surface area contributed by atoms with Gasteiger partial charge in [-0.25, -0.2) is 0 Å². The lowest BCUT2D eigenvalue weighted by molar-refractivity contribution is 0.0772. The first kappa shape index (κ1) is 11.3. The van der Waals surface area contributed by atoms with Gasteiger partial charge in [0.2, 0.25) is 0 Å². The van der Waals surface area contributed by atoms with Crippen LogP contribution in [0.2, 0.25) is 0 Å². The molecular formula is C12H16N2OS. The topological polar surface area (TPSA) is 46.3 Å². The van der Waals surface area contributed by atoms with Crippen molar-refractivity contribution in [2.24, 2.45) is 0 Å².